The molecule has 2 aromatic carbocycles. The molecule has 2 aromatic rings. The van der Waals surface area contributed by atoms with Gasteiger partial charge in [-0.15, -0.1) is 0 Å². The molecule has 0 saturated carbocycles. The maximum Gasteiger partial charge on any atom is 0.307 e. The number of carbonyl (C=O) groups is 1. The van der Waals surface area contributed by atoms with Crippen LogP contribution in [-0.4, -0.2) is 26.6 Å². The van der Waals surface area contributed by atoms with Crippen LogP contribution in [0.5, 0.6) is 5.75 Å². The number of sulfonamides is 1. The van der Waals surface area contributed by atoms with E-state index in [0.717, 1.165) is 18.2 Å². The van der Waals surface area contributed by atoms with E-state index in [4.69, 9.17) is 9.84 Å². The first kappa shape index (κ1) is 17.7. The van der Waals surface area contributed by atoms with Crippen LogP contribution >= 0.6 is 0 Å². The molecule has 6 nitrogen and oxygen atoms in total. The lowest BCUT2D eigenvalue weighted by atomic mass is 10.1. The number of hydrogen-bond acceptors (Lipinski definition) is 4. The van der Waals surface area contributed by atoms with Gasteiger partial charge >= 0.3 is 5.97 Å². The Bertz CT molecular complexity index is 863. The lowest BCUT2D eigenvalue weighted by Gasteiger charge is -2.13. The summed E-state index contributed by atoms with van der Waals surface area (Å²) in [6, 6.07) is 6.08. The van der Waals surface area contributed by atoms with E-state index < -0.39 is 27.6 Å². The molecule has 0 saturated heterocycles. The molecule has 0 amide bonds. The number of hydrogen-bond donors (Lipinski definition) is 2. The molecular formula is C15H13F2NO5S. The molecule has 0 unspecified atom stereocenters. The van der Waals surface area contributed by atoms with Crippen molar-refractivity contribution in [2.24, 2.45) is 0 Å². The summed E-state index contributed by atoms with van der Waals surface area (Å²) in [5, 5.41) is 8.80. The first-order valence-electron chi connectivity index (χ1n) is 6.59. The van der Waals surface area contributed by atoms with Crippen molar-refractivity contribution in [2.75, 3.05) is 11.8 Å². The predicted molar refractivity (Wildman–Crippen MR) is 81.5 cm³/mol. The normalized spacial score (nSPS) is 11.1. The maximum absolute atomic E-state index is 13.2. The summed E-state index contributed by atoms with van der Waals surface area (Å²) in [5.74, 6) is -3.06. The lowest BCUT2D eigenvalue weighted by Crippen LogP contribution is -2.15. The first-order valence-corrected chi connectivity index (χ1v) is 8.07. The molecule has 0 aliphatic carbocycles. The summed E-state index contributed by atoms with van der Waals surface area (Å²) in [5.41, 5.74) is -0.0766. The molecule has 0 spiro atoms. The van der Waals surface area contributed by atoms with E-state index in [1.807, 2.05) is 4.72 Å². The number of benzene rings is 2. The van der Waals surface area contributed by atoms with E-state index in [0.29, 0.717) is 6.07 Å². The van der Waals surface area contributed by atoms with Crippen LogP contribution in [-0.2, 0) is 21.2 Å². The highest BCUT2D eigenvalue weighted by molar-refractivity contribution is 7.92. The highest BCUT2D eigenvalue weighted by Gasteiger charge is 2.21. The second-order valence-corrected chi connectivity index (χ2v) is 6.47. The molecular weight excluding hydrogens is 344 g/mol. The van der Waals surface area contributed by atoms with Crippen LogP contribution in [0.2, 0.25) is 0 Å². The molecule has 0 atom stereocenters. The van der Waals surface area contributed by atoms with E-state index in [2.05, 4.69) is 0 Å². The van der Waals surface area contributed by atoms with E-state index >= 15 is 0 Å². The number of carboxylic acid groups (broad SMARTS) is 1. The molecule has 0 bridgehead atoms. The molecule has 0 aliphatic rings. The summed E-state index contributed by atoms with van der Waals surface area (Å²) in [7, 11) is -3.01. The van der Waals surface area contributed by atoms with Gasteiger partial charge in [0.2, 0.25) is 0 Å². The Morgan fingerprint density at radius 3 is 2.33 bits per heavy atom. The van der Waals surface area contributed by atoms with Crippen molar-refractivity contribution < 1.29 is 31.8 Å². The Balaban J connectivity index is 2.45. The Morgan fingerprint density at radius 2 is 1.79 bits per heavy atom. The summed E-state index contributed by atoms with van der Waals surface area (Å²) in [4.78, 5) is 10.4. The van der Waals surface area contributed by atoms with Gasteiger partial charge < -0.3 is 9.84 Å². The van der Waals surface area contributed by atoms with Crippen molar-refractivity contribution >= 4 is 21.7 Å². The van der Waals surface area contributed by atoms with Gasteiger partial charge in [0.05, 0.1) is 19.2 Å². The molecule has 0 aromatic heterocycles. The summed E-state index contributed by atoms with van der Waals surface area (Å²) >= 11 is 0. The predicted octanol–water partition coefficient (Wildman–Crippen LogP) is 2.40. The molecule has 0 radical (unpaired) electrons. The zero-order chi connectivity index (χ0) is 17.9. The highest BCUT2D eigenvalue weighted by Crippen LogP contribution is 2.27. The number of nitrogens with one attached hydrogen (secondary N) is 1. The van der Waals surface area contributed by atoms with Gasteiger partial charge in [-0.1, -0.05) is 6.07 Å². The lowest BCUT2D eigenvalue weighted by molar-refractivity contribution is -0.136. The van der Waals surface area contributed by atoms with Crippen molar-refractivity contribution in [1.29, 1.82) is 0 Å². The summed E-state index contributed by atoms with van der Waals surface area (Å²) < 4.78 is 58.3. The average Bonchev–Trinajstić information content (AvgIpc) is 2.45. The monoisotopic (exact) mass is 357 g/mol. The molecule has 9 heteroatoms. The van der Waals surface area contributed by atoms with Crippen molar-refractivity contribution in [1.82, 2.24) is 0 Å². The van der Waals surface area contributed by atoms with Gasteiger partial charge in [0.15, 0.2) is 0 Å². The molecule has 2 N–H and O–H groups in total. The summed E-state index contributed by atoms with van der Waals surface area (Å²) in [6.45, 7) is 0. The number of rotatable bonds is 6. The van der Waals surface area contributed by atoms with Crippen LogP contribution in [0.4, 0.5) is 14.5 Å². The van der Waals surface area contributed by atoms with Crippen molar-refractivity contribution in [3.05, 3.63) is 53.6 Å². The van der Waals surface area contributed by atoms with Gasteiger partial charge in [0.25, 0.3) is 10.0 Å². The zero-order valence-electron chi connectivity index (χ0n) is 12.4. The Kier molecular flexibility index (Phi) is 5.03. The SMILES string of the molecule is COc1ccc(CC(=O)O)cc1S(=O)(=O)Nc1cc(F)cc(F)c1. The number of ether oxygens (including phenoxy) is 1. The number of halogens is 2. The molecule has 0 aliphatic heterocycles. The maximum atomic E-state index is 13.2. The van der Waals surface area contributed by atoms with Crippen molar-refractivity contribution in [3.8, 4) is 5.75 Å². The average molecular weight is 357 g/mol. The fourth-order valence-electron chi connectivity index (χ4n) is 2.04. The van der Waals surface area contributed by atoms with Gasteiger partial charge in [-0.3, -0.25) is 9.52 Å². The third-order valence-corrected chi connectivity index (χ3v) is 4.39. The number of anilines is 1. The summed E-state index contributed by atoms with van der Waals surface area (Å²) in [6.07, 6.45) is -0.388. The van der Waals surface area contributed by atoms with Crippen LogP contribution in [0, 0.1) is 11.6 Å². The van der Waals surface area contributed by atoms with Crippen LogP contribution in [0.3, 0.4) is 0 Å². The van der Waals surface area contributed by atoms with Crippen molar-refractivity contribution in [3.63, 3.8) is 0 Å². The topological polar surface area (TPSA) is 92.7 Å². The quantitative estimate of drug-likeness (QED) is 0.828. The second-order valence-electron chi connectivity index (χ2n) is 4.82. The van der Waals surface area contributed by atoms with Gasteiger partial charge in [0, 0.05) is 6.07 Å². The van der Waals surface area contributed by atoms with Crippen LogP contribution < -0.4 is 9.46 Å². The minimum Gasteiger partial charge on any atom is -0.495 e. The van der Waals surface area contributed by atoms with Crippen LogP contribution in [0.1, 0.15) is 5.56 Å². The van der Waals surface area contributed by atoms with Crippen LogP contribution in [0.25, 0.3) is 0 Å². The van der Waals surface area contributed by atoms with Gasteiger partial charge in [-0.2, -0.15) is 0 Å². The fourth-order valence-corrected chi connectivity index (χ4v) is 3.30. The third kappa shape index (κ3) is 4.19. The van der Waals surface area contributed by atoms with E-state index in [1.165, 1.54) is 19.2 Å². The molecule has 24 heavy (non-hydrogen) atoms. The van der Waals surface area contributed by atoms with Crippen molar-refractivity contribution in [2.45, 2.75) is 11.3 Å². The Labute approximate surface area is 136 Å². The Hall–Kier alpha value is -2.68. The first-order chi connectivity index (χ1) is 11.2. The second kappa shape index (κ2) is 6.83. The van der Waals surface area contributed by atoms with E-state index in [1.54, 1.807) is 0 Å². The number of methoxy groups -OCH3 is 1. The largest absolute Gasteiger partial charge is 0.495 e. The highest BCUT2D eigenvalue weighted by atomic mass is 32.2. The minimum absolute atomic E-state index is 0.0338. The van der Waals surface area contributed by atoms with E-state index in [9.17, 15) is 22.0 Å². The third-order valence-electron chi connectivity index (χ3n) is 2.99. The van der Waals surface area contributed by atoms with Gasteiger partial charge in [0.1, 0.15) is 22.3 Å². The molecule has 128 valence electrons. The zero-order valence-corrected chi connectivity index (χ0v) is 13.2. The van der Waals surface area contributed by atoms with Gasteiger partial charge in [-0.05, 0) is 29.8 Å². The fraction of sp³-hybridized carbons (Fsp3) is 0.133. The number of aliphatic carboxylic acids is 1. The standard InChI is InChI=1S/C15H13F2NO5S/c1-23-13-3-2-9(5-15(19)20)4-14(13)24(21,22)18-12-7-10(16)6-11(17)8-12/h2-4,6-8,18H,5H2,1H3,(H,19,20). The molecule has 0 heterocycles. The number of carboxylic acids is 1. The van der Waals surface area contributed by atoms with Gasteiger partial charge in [-0.25, -0.2) is 17.2 Å². The minimum atomic E-state index is -4.25. The smallest absolute Gasteiger partial charge is 0.307 e. The Morgan fingerprint density at radius 1 is 1.17 bits per heavy atom. The van der Waals surface area contributed by atoms with Crippen LogP contribution in [0.15, 0.2) is 41.3 Å². The molecule has 2 rings (SSSR count). The molecule has 0 fully saturated rings. The van der Waals surface area contributed by atoms with E-state index in [-0.39, 0.29) is 28.3 Å².